The second kappa shape index (κ2) is 6.32. The molecule has 2 heterocycles. The zero-order valence-corrected chi connectivity index (χ0v) is 12.9. The van der Waals surface area contributed by atoms with Gasteiger partial charge in [0.15, 0.2) is 6.04 Å². The minimum atomic E-state index is -0.961. The predicted octanol–water partition coefficient (Wildman–Crippen LogP) is 2.89. The van der Waals surface area contributed by atoms with Gasteiger partial charge in [0.2, 0.25) is 5.91 Å². The largest absolute Gasteiger partial charge is 0.479 e. The molecule has 1 aliphatic rings. The molecule has 4 nitrogen and oxygen atoms in total. The molecular formula is C17H17NO3S. The Hall–Kier alpha value is -2.14. The maximum Gasteiger partial charge on any atom is 0.331 e. The standard InChI is InChI=1S/C17H17NO3S/c19-15(8-7-13-5-3-11-22-13)18-10-9-12-4-1-2-6-14(12)16(18)17(20)21/h1-6,11,16H,7-10H2,(H,20,21). The van der Waals surface area contributed by atoms with Crippen LogP contribution in [0.2, 0.25) is 0 Å². The second-order valence-electron chi connectivity index (χ2n) is 5.36. The summed E-state index contributed by atoms with van der Waals surface area (Å²) < 4.78 is 0. The van der Waals surface area contributed by atoms with Crippen LogP contribution in [0.3, 0.4) is 0 Å². The Morgan fingerprint density at radius 2 is 2.05 bits per heavy atom. The third-order valence-electron chi connectivity index (χ3n) is 4.00. The minimum Gasteiger partial charge on any atom is -0.479 e. The molecule has 0 saturated carbocycles. The third-order valence-corrected chi connectivity index (χ3v) is 4.94. The first-order valence-corrected chi connectivity index (χ1v) is 8.17. The van der Waals surface area contributed by atoms with Crippen LogP contribution >= 0.6 is 11.3 Å². The first kappa shape index (κ1) is 14.8. The maximum absolute atomic E-state index is 12.5. The fourth-order valence-corrected chi connectivity index (χ4v) is 3.64. The summed E-state index contributed by atoms with van der Waals surface area (Å²) in [6, 6.07) is 10.6. The van der Waals surface area contributed by atoms with Crippen LogP contribution in [0.1, 0.15) is 28.5 Å². The van der Waals surface area contributed by atoms with E-state index in [1.807, 2.05) is 41.8 Å². The van der Waals surface area contributed by atoms with Crippen molar-refractivity contribution in [2.75, 3.05) is 6.54 Å². The van der Waals surface area contributed by atoms with E-state index >= 15 is 0 Å². The van der Waals surface area contributed by atoms with Crippen molar-refractivity contribution in [1.82, 2.24) is 4.90 Å². The molecule has 1 aromatic carbocycles. The van der Waals surface area contributed by atoms with E-state index in [0.717, 1.165) is 16.0 Å². The van der Waals surface area contributed by atoms with Crippen LogP contribution in [0.4, 0.5) is 0 Å². The summed E-state index contributed by atoms with van der Waals surface area (Å²) in [5.41, 5.74) is 1.77. The van der Waals surface area contributed by atoms with Gasteiger partial charge in [-0.25, -0.2) is 4.79 Å². The molecule has 114 valence electrons. The van der Waals surface area contributed by atoms with Gasteiger partial charge in [-0.3, -0.25) is 4.79 Å². The molecule has 0 bridgehead atoms. The fourth-order valence-electron chi connectivity index (χ4n) is 2.93. The number of rotatable bonds is 4. The average Bonchev–Trinajstić information content (AvgIpc) is 3.04. The van der Waals surface area contributed by atoms with E-state index in [0.29, 0.717) is 25.8 Å². The molecular weight excluding hydrogens is 298 g/mol. The van der Waals surface area contributed by atoms with E-state index in [1.54, 1.807) is 11.3 Å². The Bertz CT molecular complexity index is 681. The van der Waals surface area contributed by atoms with Crippen molar-refractivity contribution in [1.29, 1.82) is 0 Å². The summed E-state index contributed by atoms with van der Waals surface area (Å²) in [7, 11) is 0. The molecule has 2 aromatic rings. The van der Waals surface area contributed by atoms with Crippen LogP contribution in [0.15, 0.2) is 41.8 Å². The van der Waals surface area contributed by atoms with Crippen LogP contribution in [0.25, 0.3) is 0 Å². The number of carboxylic acid groups (broad SMARTS) is 1. The van der Waals surface area contributed by atoms with Crippen LogP contribution in [-0.2, 0) is 22.4 Å². The Morgan fingerprint density at radius 3 is 2.77 bits per heavy atom. The van der Waals surface area contributed by atoms with Gasteiger partial charge in [0.1, 0.15) is 0 Å². The van der Waals surface area contributed by atoms with Crippen molar-refractivity contribution in [3.63, 3.8) is 0 Å². The van der Waals surface area contributed by atoms with E-state index in [4.69, 9.17) is 0 Å². The van der Waals surface area contributed by atoms with Crippen molar-refractivity contribution < 1.29 is 14.7 Å². The van der Waals surface area contributed by atoms with Gasteiger partial charge in [-0.1, -0.05) is 30.3 Å². The van der Waals surface area contributed by atoms with Crippen molar-refractivity contribution >= 4 is 23.2 Å². The number of hydrogen-bond acceptors (Lipinski definition) is 3. The third kappa shape index (κ3) is 2.90. The molecule has 0 saturated heterocycles. The number of amides is 1. The SMILES string of the molecule is O=C(O)C1c2ccccc2CCN1C(=O)CCc1cccs1. The fraction of sp³-hybridized carbons (Fsp3) is 0.294. The predicted molar refractivity (Wildman–Crippen MR) is 84.9 cm³/mol. The Balaban J connectivity index is 1.78. The number of aliphatic carboxylic acids is 1. The highest BCUT2D eigenvalue weighted by molar-refractivity contribution is 7.09. The van der Waals surface area contributed by atoms with Crippen molar-refractivity contribution in [3.8, 4) is 0 Å². The van der Waals surface area contributed by atoms with Gasteiger partial charge in [0.05, 0.1) is 0 Å². The molecule has 5 heteroatoms. The minimum absolute atomic E-state index is 0.0877. The van der Waals surface area contributed by atoms with Gasteiger partial charge in [-0.2, -0.15) is 0 Å². The lowest BCUT2D eigenvalue weighted by atomic mass is 9.92. The van der Waals surface area contributed by atoms with Gasteiger partial charge in [-0.05, 0) is 35.4 Å². The lowest BCUT2D eigenvalue weighted by Crippen LogP contribution is -2.43. The quantitative estimate of drug-likeness (QED) is 0.944. The first-order valence-electron chi connectivity index (χ1n) is 7.29. The molecule has 0 aliphatic carbocycles. The smallest absolute Gasteiger partial charge is 0.331 e. The molecule has 1 N–H and O–H groups in total. The van der Waals surface area contributed by atoms with Crippen LogP contribution < -0.4 is 0 Å². The van der Waals surface area contributed by atoms with Gasteiger partial charge < -0.3 is 10.0 Å². The zero-order chi connectivity index (χ0) is 15.5. The molecule has 1 atom stereocenters. The number of carbonyl (C=O) groups is 2. The number of hydrogen-bond donors (Lipinski definition) is 1. The van der Waals surface area contributed by atoms with Gasteiger partial charge in [0, 0.05) is 17.8 Å². The van der Waals surface area contributed by atoms with Gasteiger partial charge in [0.25, 0.3) is 0 Å². The Labute approximate surface area is 133 Å². The molecule has 1 aromatic heterocycles. The number of carboxylic acids is 1. The summed E-state index contributed by atoms with van der Waals surface area (Å²) in [4.78, 5) is 26.8. The van der Waals surface area contributed by atoms with E-state index < -0.39 is 12.0 Å². The first-order chi connectivity index (χ1) is 10.7. The highest BCUT2D eigenvalue weighted by atomic mass is 32.1. The summed E-state index contributed by atoms with van der Waals surface area (Å²) in [5.74, 6) is -1.05. The summed E-state index contributed by atoms with van der Waals surface area (Å²) in [5, 5.41) is 11.5. The number of carbonyl (C=O) groups excluding carboxylic acids is 1. The summed E-state index contributed by atoms with van der Waals surface area (Å²) in [6.45, 7) is 0.469. The molecule has 0 spiro atoms. The molecule has 22 heavy (non-hydrogen) atoms. The second-order valence-corrected chi connectivity index (χ2v) is 6.39. The molecule has 0 fully saturated rings. The van der Waals surface area contributed by atoms with Crippen LogP contribution in [0.5, 0.6) is 0 Å². The maximum atomic E-state index is 12.5. The topological polar surface area (TPSA) is 57.6 Å². The monoisotopic (exact) mass is 315 g/mol. The number of fused-ring (bicyclic) bond motifs is 1. The lowest BCUT2D eigenvalue weighted by Gasteiger charge is -2.34. The number of thiophene rings is 1. The van der Waals surface area contributed by atoms with Crippen molar-refractivity contribution in [2.45, 2.75) is 25.3 Å². The van der Waals surface area contributed by atoms with Crippen LogP contribution in [0, 0.1) is 0 Å². The normalized spacial score (nSPS) is 17.1. The zero-order valence-electron chi connectivity index (χ0n) is 12.1. The van der Waals surface area contributed by atoms with Gasteiger partial charge in [-0.15, -0.1) is 11.3 Å². The average molecular weight is 315 g/mol. The molecule has 0 radical (unpaired) electrons. The van der Waals surface area contributed by atoms with Gasteiger partial charge >= 0.3 is 5.97 Å². The molecule has 1 aliphatic heterocycles. The highest BCUT2D eigenvalue weighted by Crippen LogP contribution is 2.30. The van der Waals surface area contributed by atoms with E-state index in [9.17, 15) is 14.7 Å². The highest BCUT2D eigenvalue weighted by Gasteiger charge is 2.35. The van der Waals surface area contributed by atoms with Crippen molar-refractivity contribution in [3.05, 3.63) is 57.8 Å². The molecule has 1 unspecified atom stereocenters. The number of benzene rings is 1. The Kier molecular flexibility index (Phi) is 4.24. The van der Waals surface area contributed by atoms with Crippen LogP contribution in [-0.4, -0.2) is 28.4 Å². The number of nitrogens with zero attached hydrogens (tertiary/aromatic N) is 1. The Morgan fingerprint density at radius 1 is 1.23 bits per heavy atom. The van der Waals surface area contributed by atoms with E-state index in [-0.39, 0.29) is 5.91 Å². The summed E-state index contributed by atoms with van der Waals surface area (Å²) >= 11 is 1.62. The van der Waals surface area contributed by atoms with E-state index in [1.165, 1.54) is 4.90 Å². The van der Waals surface area contributed by atoms with E-state index in [2.05, 4.69) is 0 Å². The van der Waals surface area contributed by atoms with Crippen molar-refractivity contribution in [2.24, 2.45) is 0 Å². The number of aryl methyl sites for hydroxylation is 1. The summed E-state index contributed by atoms with van der Waals surface area (Å²) in [6.07, 6.45) is 1.73. The molecule has 3 rings (SSSR count). The molecule has 1 amide bonds. The lowest BCUT2D eigenvalue weighted by molar-refractivity contribution is -0.151.